The minimum Gasteiger partial charge on any atom is -0.344 e. The average molecular weight is 289 g/mol. The van der Waals surface area contributed by atoms with Crippen LogP contribution in [0, 0.1) is 13.8 Å². The quantitative estimate of drug-likeness (QED) is 0.788. The number of hydrogen-bond donors (Lipinski definition) is 0. The molecule has 0 aromatic carbocycles. The SMILES string of the molecule is Cc1nc(N(CCBr)C2CCC2)sc1C. The highest BCUT2D eigenvalue weighted by Gasteiger charge is 2.26. The first-order valence-electron chi connectivity index (χ1n) is 5.49. The second kappa shape index (κ2) is 4.83. The maximum absolute atomic E-state index is 4.66. The van der Waals surface area contributed by atoms with Crippen LogP contribution in [0.5, 0.6) is 0 Å². The van der Waals surface area contributed by atoms with E-state index in [2.05, 4.69) is 39.7 Å². The van der Waals surface area contributed by atoms with Gasteiger partial charge in [-0.2, -0.15) is 0 Å². The molecule has 1 aliphatic rings. The predicted octanol–water partition coefficient (Wildman–Crippen LogP) is 3.51. The van der Waals surface area contributed by atoms with Crippen molar-refractivity contribution in [2.24, 2.45) is 0 Å². The molecule has 0 spiro atoms. The minimum absolute atomic E-state index is 0.743. The number of halogens is 1. The predicted molar refractivity (Wildman–Crippen MR) is 70.4 cm³/mol. The summed E-state index contributed by atoms with van der Waals surface area (Å²) in [6, 6.07) is 0.743. The van der Waals surface area contributed by atoms with Gasteiger partial charge >= 0.3 is 0 Å². The highest BCUT2D eigenvalue weighted by atomic mass is 79.9. The lowest BCUT2D eigenvalue weighted by Gasteiger charge is -2.37. The minimum atomic E-state index is 0.743. The van der Waals surface area contributed by atoms with E-state index in [1.807, 2.05) is 11.3 Å². The van der Waals surface area contributed by atoms with Gasteiger partial charge < -0.3 is 4.90 Å². The van der Waals surface area contributed by atoms with E-state index in [9.17, 15) is 0 Å². The van der Waals surface area contributed by atoms with Crippen LogP contribution in [0.4, 0.5) is 5.13 Å². The molecular weight excluding hydrogens is 272 g/mol. The summed E-state index contributed by atoms with van der Waals surface area (Å²) in [6.07, 6.45) is 4.06. The van der Waals surface area contributed by atoms with Crippen molar-refractivity contribution in [1.29, 1.82) is 0 Å². The third-order valence-corrected chi connectivity index (χ3v) is 4.57. The fraction of sp³-hybridized carbons (Fsp3) is 0.727. The van der Waals surface area contributed by atoms with E-state index in [0.717, 1.165) is 17.9 Å². The second-order valence-electron chi connectivity index (χ2n) is 4.11. The molecule has 0 saturated heterocycles. The van der Waals surface area contributed by atoms with Gasteiger partial charge in [0.05, 0.1) is 5.69 Å². The first-order valence-corrected chi connectivity index (χ1v) is 7.43. The van der Waals surface area contributed by atoms with Crippen LogP contribution in [0.3, 0.4) is 0 Å². The fourth-order valence-corrected chi connectivity index (χ4v) is 3.19. The van der Waals surface area contributed by atoms with Crippen molar-refractivity contribution >= 4 is 32.4 Å². The molecule has 1 heterocycles. The van der Waals surface area contributed by atoms with Crippen molar-refractivity contribution in [2.45, 2.75) is 39.2 Å². The molecule has 1 aliphatic carbocycles. The maximum atomic E-state index is 4.66. The number of alkyl halides is 1. The smallest absolute Gasteiger partial charge is 0.186 e. The molecule has 1 saturated carbocycles. The molecule has 4 heteroatoms. The third kappa shape index (κ3) is 2.36. The zero-order chi connectivity index (χ0) is 10.8. The Labute approximate surface area is 104 Å². The largest absolute Gasteiger partial charge is 0.344 e. The van der Waals surface area contributed by atoms with Gasteiger partial charge in [-0.05, 0) is 33.1 Å². The lowest BCUT2D eigenvalue weighted by atomic mass is 9.92. The van der Waals surface area contributed by atoms with Crippen molar-refractivity contribution < 1.29 is 0 Å². The summed E-state index contributed by atoms with van der Waals surface area (Å²) in [7, 11) is 0. The Balaban J connectivity index is 2.15. The monoisotopic (exact) mass is 288 g/mol. The summed E-state index contributed by atoms with van der Waals surface area (Å²) in [5, 5.41) is 2.25. The zero-order valence-electron chi connectivity index (χ0n) is 9.29. The Morgan fingerprint density at radius 3 is 2.60 bits per heavy atom. The average Bonchev–Trinajstić information content (AvgIpc) is 2.43. The van der Waals surface area contributed by atoms with E-state index in [1.165, 1.54) is 35.0 Å². The molecule has 0 radical (unpaired) electrons. The van der Waals surface area contributed by atoms with Crippen LogP contribution in [0.25, 0.3) is 0 Å². The van der Waals surface area contributed by atoms with Crippen LogP contribution in [0.1, 0.15) is 29.8 Å². The molecule has 0 N–H and O–H groups in total. The number of nitrogens with zero attached hydrogens (tertiary/aromatic N) is 2. The van der Waals surface area contributed by atoms with E-state index in [-0.39, 0.29) is 0 Å². The first kappa shape index (κ1) is 11.4. The Morgan fingerprint density at radius 2 is 2.20 bits per heavy atom. The lowest BCUT2D eigenvalue weighted by molar-refractivity contribution is 0.391. The molecule has 0 unspecified atom stereocenters. The number of aryl methyl sites for hydroxylation is 2. The lowest BCUT2D eigenvalue weighted by Crippen LogP contribution is -2.41. The molecule has 0 atom stereocenters. The molecule has 84 valence electrons. The fourth-order valence-electron chi connectivity index (χ4n) is 1.80. The first-order chi connectivity index (χ1) is 7.22. The van der Waals surface area contributed by atoms with Gasteiger partial charge in [-0.3, -0.25) is 0 Å². The molecule has 2 nitrogen and oxygen atoms in total. The summed E-state index contributed by atoms with van der Waals surface area (Å²) >= 11 is 5.36. The van der Waals surface area contributed by atoms with E-state index >= 15 is 0 Å². The van der Waals surface area contributed by atoms with E-state index < -0.39 is 0 Å². The zero-order valence-corrected chi connectivity index (χ0v) is 11.7. The standard InChI is InChI=1S/C11H17BrN2S/c1-8-9(2)15-11(13-8)14(7-6-12)10-4-3-5-10/h10H,3-7H2,1-2H3. The van der Waals surface area contributed by atoms with Gasteiger partial charge in [-0.1, -0.05) is 15.9 Å². The van der Waals surface area contributed by atoms with Gasteiger partial charge in [0, 0.05) is 22.8 Å². The van der Waals surface area contributed by atoms with E-state index in [1.54, 1.807) is 0 Å². The number of anilines is 1. The summed E-state index contributed by atoms with van der Waals surface area (Å²) in [5.41, 5.74) is 1.19. The Bertz CT molecular complexity index is 314. The van der Waals surface area contributed by atoms with E-state index in [4.69, 9.17) is 0 Å². The number of hydrogen-bond acceptors (Lipinski definition) is 3. The number of aromatic nitrogens is 1. The Morgan fingerprint density at radius 1 is 1.47 bits per heavy atom. The van der Waals surface area contributed by atoms with Gasteiger partial charge in [-0.15, -0.1) is 11.3 Å². The van der Waals surface area contributed by atoms with Crippen LogP contribution in [-0.2, 0) is 0 Å². The van der Waals surface area contributed by atoms with Crippen molar-refractivity contribution in [2.75, 3.05) is 16.8 Å². The van der Waals surface area contributed by atoms with Crippen LogP contribution in [0.2, 0.25) is 0 Å². The van der Waals surface area contributed by atoms with Crippen LogP contribution in [-0.4, -0.2) is 22.9 Å². The second-order valence-corrected chi connectivity index (χ2v) is 6.08. The summed E-state index contributed by atoms with van der Waals surface area (Å²) in [6.45, 7) is 5.34. The summed E-state index contributed by atoms with van der Waals surface area (Å²) in [4.78, 5) is 8.48. The van der Waals surface area contributed by atoms with Gasteiger partial charge in [0.15, 0.2) is 5.13 Å². The molecule has 0 aliphatic heterocycles. The van der Waals surface area contributed by atoms with Crippen molar-refractivity contribution in [3.8, 4) is 0 Å². The molecule has 1 fully saturated rings. The molecule has 1 aromatic heterocycles. The highest BCUT2D eigenvalue weighted by molar-refractivity contribution is 9.09. The molecule has 0 bridgehead atoms. The number of rotatable bonds is 4. The summed E-state index contributed by atoms with van der Waals surface area (Å²) < 4.78 is 0. The van der Waals surface area contributed by atoms with Gasteiger partial charge in [0.25, 0.3) is 0 Å². The molecule has 15 heavy (non-hydrogen) atoms. The van der Waals surface area contributed by atoms with Crippen LogP contribution < -0.4 is 4.90 Å². The van der Waals surface area contributed by atoms with Gasteiger partial charge in [0.2, 0.25) is 0 Å². The van der Waals surface area contributed by atoms with Crippen molar-refractivity contribution in [3.05, 3.63) is 10.6 Å². The maximum Gasteiger partial charge on any atom is 0.186 e. The third-order valence-electron chi connectivity index (χ3n) is 3.10. The van der Waals surface area contributed by atoms with Crippen molar-refractivity contribution in [3.63, 3.8) is 0 Å². The Hall–Kier alpha value is -0.0900. The van der Waals surface area contributed by atoms with Crippen molar-refractivity contribution in [1.82, 2.24) is 4.98 Å². The highest BCUT2D eigenvalue weighted by Crippen LogP contribution is 2.33. The van der Waals surface area contributed by atoms with Crippen LogP contribution in [0.15, 0.2) is 0 Å². The topological polar surface area (TPSA) is 16.1 Å². The summed E-state index contributed by atoms with van der Waals surface area (Å²) in [5.74, 6) is 0. The van der Waals surface area contributed by atoms with Gasteiger partial charge in [-0.25, -0.2) is 4.98 Å². The van der Waals surface area contributed by atoms with Gasteiger partial charge in [0.1, 0.15) is 0 Å². The molecular formula is C11H17BrN2S. The van der Waals surface area contributed by atoms with Crippen LogP contribution >= 0.6 is 27.3 Å². The number of thiazole rings is 1. The molecule has 0 amide bonds. The molecule has 2 rings (SSSR count). The Kier molecular flexibility index (Phi) is 3.67. The van der Waals surface area contributed by atoms with E-state index in [0.29, 0.717) is 0 Å². The molecule has 1 aromatic rings. The normalized spacial score (nSPS) is 16.5.